The quantitative estimate of drug-likeness (QED) is 0.813. The van der Waals surface area contributed by atoms with E-state index in [1.165, 1.54) is 6.26 Å². The lowest BCUT2D eigenvalue weighted by Gasteiger charge is -2.35. The minimum Gasteiger partial charge on any atom is -0.432 e. The maximum Gasteiger partial charge on any atom is 0.322 e. The number of oxazole rings is 1. The number of halogens is 2. The Labute approximate surface area is 160 Å². The summed E-state index contributed by atoms with van der Waals surface area (Å²) in [5.41, 5.74) is 0.505. The number of nitrogens with zero attached hydrogens (tertiary/aromatic N) is 4. The highest BCUT2D eigenvalue weighted by Gasteiger charge is 2.23. The monoisotopic (exact) mass is 390 g/mol. The van der Waals surface area contributed by atoms with Crippen molar-refractivity contribution in [3.05, 3.63) is 41.3 Å². The Balaban J connectivity index is 1.56. The van der Waals surface area contributed by atoms with Crippen molar-refractivity contribution in [2.45, 2.75) is 13.5 Å². The molecule has 1 aliphatic heterocycles. The molecule has 0 bridgehead atoms. The molecule has 2 N–H and O–H groups in total. The molecule has 1 aliphatic rings. The van der Waals surface area contributed by atoms with Gasteiger partial charge in [-0.25, -0.2) is 13.6 Å². The first-order chi connectivity index (χ1) is 13.5. The van der Waals surface area contributed by atoms with E-state index < -0.39 is 17.7 Å². The van der Waals surface area contributed by atoms with E-state index in [-0.39, 0.29) is 17.3 Å². The predicted octanol–water partition coefficient (Wildman–Crippen LogP) is 2.29. The average Bonchev–Trinajstić information content (AvgIpc) is 3.09. The fourth-order valence-corrected chi connectivity index (χ4v) is 3.03. The third kappa shape index (κ3) is 4.55. The van der Waals surface area contributed by atoms with Gasteiger partial charge in [-0.15, -0.1) is 0 Å². The Kier molecular flexibility index (Phi) is 6.06. The first-order valence-electron chi connectivity index (χ1n) is 8.86. The van der Waals surface area contributed by atoms with E-state index >= 15 is 0 Å². The first kappa shape index (κ1) is 19.6. The molecule has 0 unspecified atom stereocenters. The van der Waals surface area contributed by atoms with Crippen LogP contribution in [0.2, 0.25) is 0 Å². The van der Waals surface area contributed by atoms with Gasteiger partial charge < -0.3 is 14.6 Å². The number of hydrogen-bond donors (Lipinski definition) is 2. The van der Waals surface area contributed by atoms with Crippen LogP contribution in [-0.4, -0.2) is 48.6 Å². The average molecular weight is 390 g/mol. The number of carbonyl (C=O) groups excluding carboxylic acids is 1. The molecule has 3 rings (SSSR count). The van der Waals surface area contributed by atoms with Crippen LogP contribution in [0.3, 0.4) is 0 Å². The van der Waals surface area contributed by atoms with Gasteiger partial charge in [-0.1, -0.05) is 0 Å². The third-order valence-electron chi connectivity index (χ3n) is 4.33. The van der Waals surface area contributed by atoms with Crippen LogP contribution in [0.4, 0.5) is 25.3 Å². The van der Waals surface area contributed by atoms with E-state index in [1.807, 2.05) is 0 Å². The van der Waals surface area contributed by atoms with Crippen LogP contribution in [0.15, 0.2) is 22.8 Å². The van der Waals surface area contributed by atoms with Gasteiger partial charge in [0.05, 0.1) is 17.3 Å². The molecule has 1 aromatic heterocycles. The summed E-state index contributed by atoms with van der Waals surface area (Å²) >= 11 is 0. The molecule has 0 atom stereocenters. The lowest BCUT2D eigenvalue weighted by atomic mass is 10.1. The summed E-state index contributed by atoms with van der Waals surface area (Å²) in [6.07, 6.45) is 1.47. The Morgan fingerprint density at radius 2 is 1.96 bits per heavy atom. The lowest BCUT2D eigenvalue weighted by molar-refractivity contribution is 0.245. The number of nitrogens with one attached hydrogen (secondary N) is 2. The van der Waals surface area contributed by atoms with Crippen LogP contribution in [0.25, 0.3) is 0 Å². The van der Waals surface area contributed by atoms with Crippen molar-refractivity contribution in [2.24, 2.45) is 0 Å². The Morgan fingerprint density at radius 3 is 2.57 bits per heavy atom. The third-order valence-corrected chi connectivity index (χ3v) is 4.33. The van der Waals surface area contributed by atoms with E-state index in [1.54, 1.807) is 17.9 Å². The first-order valence-corrected chi connectivity index (χ1v) is 8.86. The van der Waals surface area contributed by atoms with Gasteiger partial charge in [-0.2, -0.15) is 10.2 Å². The van der Waals surface area contributed by atoms with Gasteiger partial charge in [-0.3, -0.25) is 10.2 Å². The number of rotatable bonds is 5. The minimum absolute atomic E-state index is 0.0412. The number of aromatic nitrogens is 1. The SMILES string of the molecule is CCNC(=O)Nc1nc(CN2CCN(c3c(F)cc(C#N)cc3F)CC2)co1. The standard InChI is InChI=1S/C18H20F2N6O2/c1-2-22-17(27)24-18-23-13(11-28-18)10-25-3-5-26(6-4-25)16-14(19)7-12(9-21)8-15(16)20/h7-8,11H,2-6,10H2,1H3,(H2,22,23,24,27). The topological polar surface area (TPSA) is 97.4 Å². The molecule has 28 heavy (non-hydrogen) atoms. The summed E-state index contributed by atoms with van der Waals surface area (Å²) in [6.45, 7) is 4.80. The summed E-state index contributed by atoms with van der Waals surface area (Å²) in [5.74, 6) is -1.47. The smallest absolute Gasteiger partial charge is 0.322 e. The molecule has 0 spiro atoms. The number of nitriles is 1. The summed E-state index contributed by atoms with van der Waals surface area (Å²) in [6, 6.07) is 3.55. The Hall–Kier alpha value is -3.19. The summed E-state index contributed by atoms with van der Waals surface area (Å²) in [5, 5.41) is 13.9. The molecule has 0 saturated carbocycles. The fraction of sp³-hybridized carbons (Fsp3) is 0.389. The molecule has 2 aromatic rings. The van der Waals surface area contributed by atoms with Gasteiger partial charge in [0.2, 0.25) is 0 Å². The van der Waals surface area contributed by atoms with Gasteiger partial charge in [0, 0.05) is 39.3 Å². The fourth-order valence-electron chi connectivity index (χ4n) is 3.03. The molecule has 1 aromatic carbocycles. The highest BCUT2D eigenvalue weighted by molar-refractivity contribution is 5.86. The second-order valence-corrected chi connectivity index (χ2v) is 6.29. The number of hydrogen-bond acceptors (Lipinski definition) is 6. The van der Waals surface area contributed by atoms with Crippen molar-refractivity contribution in [1.29, 1.82) is 5.26 Å². The second-order valence-electron chi connectivity index (χ2n) is 6.29. The largest absolute Gasteiger partial charge is 0.432 e. The highest BCUT2D eigenvalue weighted by atomic mass is 19.1. The molecule has 2 amide bonds. The summed E-state index contributed by atoms with van der Waals surface area (Å²) in [7, 11) is 0. The van der Waals surface area contributed by atoms with Crippen molar-refractivity contribution >= 4 is 17.7 Å². The zero-order chi connectivity index (χ0) is 20.1. The van der Waals surface area contributed by atoms with Gasteiger partial charge in [-0.05, 0) is 19.1 Å². The molecule has 1 fully saturated rings. The predicted molar refractivity (Wildman–Crippen MR) is 97.8 cm³/mol. The van der Waals surface area contributed by atoms with Crippen molar-refractivity contribution < 1.29 is 18.0 Å². The zero-order valence-electron chi connectivity index (χ0n) is 15.3. The van der Waals surface area contributed by atoms with Crippen molar-refractivity contribution in [3.63, 3.8) is 0 Å². The van der Waals surface area contributed by atoms with Crippen LogP contribution >= 0.6 is 0 Å². The summed E-state index contributed by atoms with van der Waals surface area (Å²) in [4.78, 5) is 19.4. The van der Waals surface area contributed by atoms with Crippen LogP contribution in [0.5, 0.6) is 0 Å². The number of benzene rings is 1. The Bertz CT molecular complexity index is 863. The van der Waals surface area contributed by atoms with Crippen molar-refractivity contribution in [2.75, 3.05) is 42.9 Å². The molecule has 1 saturated heterocycles. The molecule has 8 nitrogen and oxygen atoms in total. The zero-order valence-corrected chi connectivity index (χ0v) is 15.3. The lowest BCUT2D eigenvalue weighted by Crippen LogP contribution is -2.46. The van der Waals surface area contributed by atoms with E-state index in [2.05, 4.69) is 20.5 Å². The maximum absolute atomic E-state index is 14.2. The highest BCUT2D eigenvalue weighted by Crippen LogP contribution is 2.26. The molecule has 0 aliphatic carbocycles. The van der Waals surface area contributed by atoms with E-state index in [0.29, 0.717) is 45.0 Å². The summed E-state index contributed by atoms with van der Waals surface area (Å²) < 4.78 is 33.6. The van der Waals surface area contributed by atoms with E-state index in [4.69, 9.17) is 9.68 Å². The van der Waals surface area contributed by atoms with Crippen molar-refractivity contribution in [1.82, 2.24) is 15.2 Å². The van der Waals surface area contributed by atoms with E-state index in [0.717, 1.165) is 12.1 Å². The number of urea groups is 1. The van der Waals surface area contributed by atoms with Crippen LogP contribution in [-0.2, 0) is 6.54 Å². The number of piperazine rings is 1. The second kappa shape index (κ2) is 8.67. The number of carbonyl (C=O) groups is 1. The molecular weight excluding hydrogens is 370 g/mol. The maximum atomic E-state index is 14.2. The molecule has 148 valence electrons. The van der Waals surface area contributed by atoms with Gasteiger partial charge in [0.15, 0.2) is 11.6 Å². The number of amides is 2. The van der Waals surface area contributed by atoms with Crippen LogP contribution in [0, 0.1) is 23.0 Å². The van der Waals surface area contributed by atoms with Crippen LogP contribution < -0.4 is 15.5 Å². The van der Waals surface area contributed by atoms with Gasteiger partial charge in [0.1, 0.15) is 12.0 Å². The number of anilines is 2. The van der Waals surface area contributed by atoms with E-state index in [9.17, 15) is 13.6 Å². The molecule has 10 heteroatoms. The molecular formula is C18H20F2N6O2. The van der Waals surface area contributed by atoms with Crippen molar-refractivity contribution in [3.8, 4) is 6.07 Å². The molecule has 0 radical (unpaired) electrons. The van der Waals surface area contributed by atoms with Gasteiger partial charge >= 0.3 is 12.0 Å². The molecule has 2 heterocycles. The van der Waals surface area contributed by atoms with Gasteiger partial charge in [0.25, 0.3) is 0 Å². The normalized spacial score (nSPS) is 14.6. The Morgan fingerprint density at radius 1 is 1.29 bits per heavy atom. The van der Waals surface area contributed by atoms with Crippen LogP contribution in [0.1, 0.15) is 18.2 Å². The minimum atomic E-state index is -0.734.